The molecular weight excluding hydrogens is 336 g/mol. The number of hydrogen-bond donors (Lipinski definition) is 1. The molecule has 2 rings (SSSR count). The molecule has 0 aromatic heterocycles. The molecule has 1 heterocycles. The van der Waals surface area contributed by atoms with Crippen LogP contribution in [0.5, 0.6) is 11.5 Å². The normalized spacial score (nSPS) is 16.9. The Morgan fingerprint density at radius 2 is 1.77 bits per heavy atom. The number of carbonyl (C=O) groups is 2. The number of alkyl carbamates (subject to hydrolysis) is 1. The molecule has 2 amide bonds. The lowest BCUT2D eigenvalue weighted by Crippen LogP contribution is -2.42. The zero-order valence-electron chi connectivity index (χ0n) is 15.9. The van der Waals surface area contributed by atoms with Crippen LogP contribution < -0.4 is 14.8 Å². The molecule has 1 aromatic rings. The smallest absolute Gasteiger partial charge is 0.407 e. The molecule has 1 N–H and O–H groups in total. The topological polar surface area (TPSA) is 77.1 Å². The van der Waals surface area contributed by atoms with Gasteiger partial charge in [0.25, 0.3) is 5.91 Å². The standard InChI is InChI=1S/C19H28N2O5/c1-5-24-15-6-8-16(9-7-15)25-13-17(22)21-11-10-14(12-21)20-18(23)26-19(2,3)4/h6-9,14H,5,10-13H2,1-4H3,(H,20,23)/t14-/m0/s1. The zero-order chi connectivity index (χ0) is 19.2. The molecule has 144 valence electrons. The van der Waals surface area contributed by atoms with E-state index in [1.54, 1.807) is 29.2 Å². The maximum atomic E-state index is 12.3. The first-order valence-electron chi connectivity index (χ1n) is 8.90. The number of carbonyl (C=O) groups excluding carboxylic acids is 2. The Morgan fingerprint density at radius 1 is 1.15 bits per heavy atom. The number of nitrogens with zero attached hydrogens (tertiary/aromatic N) is 1. The van der Waals surface area contributed by atoms with Crippen LogP contribution in [0.1, 0.15) is 34.1 Å². The van der Waals surface area contributed by atoms with Crippen LogP contribution >= 0.6 is 0 Å². The lowest BCUT2D eigenvalue weighted by Gasteiger charge is -2.22. The van der Waals surface area contributed by atoms with Crippen LogP contribution in [0.4, 0.5) is 4.79 Å². The number of hydrogen-bond acceptors (Lipinski definition) is 5. The first kappa shape index (κ1) is 19.9. The van der Waals surface area contributed by atoms with Crippen molar-refractivity contribution >= 4 is 12.0 Å². The van der Waals surface area contributed by atoms with Gasteiger partial charge < -0.3 is 24.4 Å². The second-order valence-electron chi connectivity index (χ2n) is 7.16. The van der Waals surface area contributed by atoms with Crippen molar-refractivity contribution in [2.24, 2.45) is 0 Å². The van der Waals surface area contributed by atoms with Crippen molar-refractivity contribution in [2.45, 2.75) is 45.8 Å². The van der Waals surface area contributed by atoms with Crippen LogP contribution in [-0.2, 0) is 9.53 Å². The summed E-state index contributed by atoms with van der Waals surface area (Å²) in [5.41, 5.74) is -0.538. The minimum atomic E-state index is -0.538. The van der Waals surface area contributed by atoms with Gasteiger partial charge in [0.05, 0.1) is 12.6 Å². The van der Waals surface area contributed by atoms with Gasteiger partial charge in [-0.25, -0.2) is 4.79 Å². The van der Waals surface area contributed by atoms with Crippen LogP contribution in [0.15, 0.2) is 24.3 Å². The molecule has 0 spiro atoms. The van der Waals surface area contributed by atoms with Gasteiger partial charge in [0.15, 0.2) is 6.61 Å². The van der Waals surface area contributed by atoms with Crippen molar-refractivity contribution in [3.63, 3.8) is 0 Å². The Kier molecular flexibility index (Phi) is 6.71. The van der Waals surface area contributed by atoms with Crippen LogP contribution in [0.3, 0.4) is 0 Å². The Balaban J connectivity index is 1.74. The molecule has 7 nitrogen and oxygen atoms in total. The molecule has 1 saturated heterocycles. The largest absolute Gasteiger partial charge is 0.494 e. The minimum absolute atomic E-state index is 0.0346. The van der Waals surface area contributed by atoms with Crippen molar-refractivity contribution < 1.29 is 23.8 Å². The average Bonchev–Trinajstić information content (AvgIpc) is 3.01. The van der Waals surface area contributed by atoms with Gasteiger partial charge in [-0.2, -0.15) is 0 Å². The molecule has 26 heavy (non-hydrogen) atoms. The molecule has 1 aliphatic heterocycles. The number of benzene rings is 1. The quantitative estimate of drug-likeness (QED) is 0.839. The summed E-state index contributed by atoms with van der Waals surface area (Å²) in [6.45, 7) is 8.99. The zero-order valence-corrected chi connectivity index (χ0v) is 15.9. The summed E-state index contributed by atoms with van der Waals surface area (Å²) < 4.78 is 16.1. The van der Waals surface area contributed by atoms with Crippen LogP contribution in [0.25, 0.3) is 0 Å². The van der Waals surface area contributed by atoms with E-state index in [1.807, 2.05) is 27.7 Å². The number of ether oxygens (including phenoxy) is 3. The van der Waals surface area contributed by atoms with Gasteiger partial charge in [0, 0.05) is 13.1 Å². The van der Waals surface area contributed by atoms with Gasteiger partial charge in [0.2, 0.25) is 0 Å². The fraction of sp³-hybridized carbons (Fsp3) is 0.579. The van der Waals surface area contributed by atoms with E-state index in [4.69, 9.17) is 14.2 Å². The molecular formula is C19H28N2O5. The molecule has 0 aliphatic carbocycles. The highest BCUT2D eigenvalue weighted by Gasteiger charge is 2.28. The summed E-state index contributed by atoms with van der Waals surface area (Å²) in [4.78, 5) is 25.8. The van der Waals surface area contributed by atoms with E-state index in [0.29, 0.717) is 31.9 Å². The van der Waals surface area contributed by atoms with Gasteiger partial charge in [-0.1, -0.05) is 0 Å². The number of likely N-dealkylation sites (tertiary alicyclic amines) is 1. The van der Waals surface area contributed by atoms with E-state index in [2.05, 4.69) is 5.32 Å². The molecule has 1 aromatic carbocycles. The molecule has 0 unspecified atom stereocenters. The SMILES string of the molecule is CCOc1ccc(OCC(=O)N2CC[C@H](NC(=O)OC(C)(C)C)C2)cc1. The second kappa shape index (κ2) is 8.78. The highest BCUT2D eigenvalue weighted by atomic mass is 16.6. The van der Waals surface area contributed by atoms with Crippen LogP contribution in [-0.4, -0.2) is 54.8 Å². The van der Waals surface area contributed by atoms with Crippen molar-refractivity contribution in [2.75, 3.05) is 26.3 Å². The predicted octanol–water partition coefficient (Wildman–Crippen LogP) is 2.59. The third-order valence-corrected chi connectivity index (χ3v) is 3.76. The van der Waals surface area contributed by atoms with E-state index in [1.165, 1.54) is 0 Å². The maximum Gasteiger partial charge on any atom is 0.407 e. The lowest BCUT2D eigenvalue weighted by molar-refractivity contribution is -0.132. The van der Waals surface area contributed by atoms with Gasteiger partial charge in [-0.05, 0) is 58.4 Å². The summed E-state index contributed by atoms with van der Waals surface area (Å²) in [5.74, 6) is 1.28. The van der Waals surface area contributed by atoms with Crippen LogP contribution in [0, 0.1) is 0 Å². The Hall–Kier alpha value is -2.44. The number of amides is 2. The molecule has 1 atom stereocenters. The van der Waals surface area contributed by atoms with Crippen LogP contribution in [0.2, 0.25) is 0 Å². The minimum Gasteiger partial charge on any atom is -0.494 e. The summed E-state index contributed by atoms with van der Waals surface area (Å²) in [5, 5.41) is 2.80. The third-order valence-electron chi connectivity index (χ3n) is 3.76. The lowest BCUT2D eigenvalue weighted by atomic mass is 10.2. The van der Waals surface area contributed by atoms with E-state index < -0.39 is 11.7 Å². The third kappa shape index (κ3) is 6.46. The molecule has 7 heteroatoms. The average molecular weight is 364 g/mol. The highest BCUT2D eigenvalue weighted by molar-refractivity contribution is 5.78. The highest BCUT2D eigenvalue weighted by Crippen LogP contribution is 2.18. The first-order valence-corrected chi connectivity index (χ1v) is 8.90. The Bertz CT molecular complexity index is 609. The summed E-state index contributed by atoms with van der Waals surface area (Å²) in [6, 6.07) is 7.06. The van der Waals surface area contributed by atoms with Crippen molar-refractivity contribution in [3.05, 3.63) is 24.3 Å². The fourth-order valence-electron chi connectivity index (χ4n) is 2.61. The van der Waals surface area contributed by atoms with E-state index in [-0.39, 0.29) is 18.6 Å². The predicted molar refractivity (Wildman–Crippen MR) is 97.5 cm³/mol. The maximum absolute atomic E-state index is 12.3. The number of rotatable bonds is 6. The van der Waals surface area contributed by atoms with Crippen molar-refractivity contribution in [1.82, 2.24) is 10.2 Å². The summed E-state index contributed by atoms with van der Waals surface area (Å²) in [7, 11) is 0. The van der Waals surface area contributed by atoms with E-state index >= 15 is 0 Å². The van der Waals surface area contributed by atoms with E-state index in [9.17, 15) is 9.59 Å². The monoisotopic (exact) mass is 364 g/mol. The number of nitrogens with one attached hydrogen (secondary N) is 1. The Morgan fingerprint density at radius 3 is 2.35 bits per heavy atom. The summed E-state index contributed by atoms with van der Waals surface area (Å²) >= 11 is 0. The van der Waals surface area contributed by atoms with E-state index in [0.717, 1.165) is 5.75 Å². The van der Waals surface area contributed by atoms with Gasteiger partial charge in [-0.15, -0.1) is 0 Å². The van der Waals surface area contributed by atoms with Crippen molar-refractivity contribution in [1.29, 1.82) is 0 Å². The van der Waals surface area contributed by atoms with Crippen molar-refractivity contribution in [3.8, 4) is 11.5 Å². The van der Waals surface area contributed by atoms with Gasteiger partial charge in [-0.3, -0.25) is 4.79 Å². The van der Waals surface area contributed by atoms with Gasteiger partial charge in [0.1, 0.15) is 17.1 Å². The summed E-state index contributed by atoms with van der Waals surface area (Å²) in [6.07, 6.45) is 0.246. The molecule has 1 fully saturated rings. The molecule has 0 bridgehead atoms. The van der Waals surface area contributed by atoms with Gasteiger partial charge >= 0.3 is 6.09 Å². The second-order valence-corrected chi connectivity index (χ2v) is 7.16. The fourth-order valence-corrected chi connectivity index (χ4v) is 2.61. The molecule has 1 aliphatic rings. The molecule has 0 saturated carbocycles. The first-order chi connectivity index (χ1) is 12.3. The molecule has 0 radical (unpaired) electrons. The Labute approximate surface area is 154 Å².